The molecule has 1 amide bonds. The van der Waals surface area contributed by atoms with Gasteiger partial charge in [-0.1, -0.05) is 17.3 Å². The van der Waals surface area contributed by atoms with E-state index in [1.165, 1.54) is 5.56 Å². The lowest BCUT2D eigenvalue weighted by atomic mass is 9.92. The molecule has 3 fully saturated rings. The summed E-state index contributed by atoms with van der Waals surface area (Å²) in [6, 6.07) is 8.09. The van der Waals surface area contributed by atoms with Crippen molar-refractivity contribution in [2.75, 3.05) is 26.7 Å². The Labute approximate surface area is 186 Å². The Bertz CT molecular complexity index is 1040. The molecule has 4 heterocycles. The average Bonchev–Trinajstić information content (AvgIpc) is 3.30. The molecular formula is C23H28N6O3. The highest BCUT2D eigenvalue weighted by molar-refractivity contribution is 5.89. The molecule has 1 aromatic heterocycles. The average molecular weight is 437 g/mol. The van der Waals surface area contributed by atoms with Crippen molar-refractivity contribution in [1.82, 2.24) is 31.2 Å². The lowest BCUT2D eigenvalue weighted by Crippen LogP contribution is -2.54. The molecule has 32 heavy (non-hydrogen) atoms. The van der Waals surface area contributed by atoms with Crippen LogP contribution in [0.25, 0.3) is 0 Å². The van der Waals surface area contributed by atoms with E-state index in [9.17, 15) is 4.79 Å². The molecule has 3 aliphatic heterocycles. The van der Waals surface area contributed by atoms with Crippen LogP contribution in [0.5, 0.6) is 5.75 Å². The minimum Gasteiger partial charge on any atom is -0.497 e. The van der Waals surface area contributed by atoms with Crippen LogP contribution in [0.2, 0.25) is 0 Å². The molecule has 9 heteroatoms. The largest absolute Gasteiger partial charge is 0.497 e. The van der Waals surface area contributed by atoms with Crippen molar-refractivity contribution in [3.63, 3.8) is 0 Å². The molecular weight excluding hydrogens is 408 g/mol. The summed E-state index contributed by atoms with van der Waals surface area (Å²) in [6.45, 7) is 2.61. The number of hydrogen-bond acceptors (Lipinski definition) is 8. The molecule has 1 aromatic carbocycles. The first-order chi connectivity index (χ1) is 15.7. The first-order valence-corrected chi connectivity index (χ1v) is 11.4. The van der Waals surface area contributed by atoms with E-state index in [0.717, 1.165) is 50.2 Å². The fourth-order valence-electron chi connectivity index (χ4n) is 5.30. The maximum Gasteiger partial charge on any atom is 0.247 e. The Kier molecular flexibility index (Phi) is 4.69. The second kappa shape index (κ2) is 7.60. The van der Waals surface area contributed by atoms with Crippen molar-refractivity contribution < 1.29 is 14.1 Å². The molecule has 3 N–H and O–H groups in total. The second-order valence-corrected chi connectivity index (χ2v) is 9.15. The lowest BCUT2D eigenvalue weighted by molar-refractivity contribution is -0.119. The SMILES string of the molecule is COc1ccc(C2(c3nc(C4CNN5C(C6CCNCC6)=CC(=O)NC45)no3)CC2)cc1. The smallest absolute Gasteiger partial charge is 0.247 e. The van der Waals surface area contributed by atoms with Crippen LogP contribution in [0.1, 0.15) is 48.9 Å². The Morgan fingerprint density at radius 1 is 1.19 bits per heavy atom. The molecule has 6 rings (SSSR count). The van der Waals surface area contributed by atoms with Crippen LogP contribution in [0, 0.1) is 5.92 Å². The first-order valence-electron chi connectivity index (χ1n) is 11.4. The number of allylic oxidation sites excluding steroid dienone is 1. The number of fused-ring (bicyclic) bond motifs is 1. The summed E-state index contributed by atoms with van der Waals surface area (Å²) in [7, 11) is 1.67. The van der Waals surface area contributed by atoms with E-state index in [4.69, 9.17) is 14.2 Å². The number of carbonyl (C=O) groups excluding carboxylic acids is 1. The number of hydrazine groups is 1. The zero-order valence-electron chi connectivity index (χ0n) is 18.1. The maximum atomic E-state index is 12.5. The highest BCUT2D eigenvalue weighted by Crippen LogP contribution is 2.53. The summed E-state index contributed by atoms with van der Waals surface area (Å²) in [5.74, 6) is 2.39. The van der Waals surface area contributed by atoms with Gasteiger partial charge in [0.1, 0.15) is 11.9 Å². The molecule has 2 aromatic rings. The molecule has 0 bridgehead atoms. The maximum absolute atomic E-state index is 12.5. The van der Waals surface area contributed by atoms with Gasteiger partial charge in [0.25, 0.3) is 0 Å². The van der Waals surface area contributed by atoms with Crippen molar-refractivity contribution in [2.45, 2.75) is 43.2 Å². The summed E-state index contributed by atoms with van der Waals surface area (Å²) < 4.78 is 11.1. The van der Waals surface area contributed by atoms with Crippen molar-refractivity contribution >= 4 is 5.91 Å². The van der Waals surface area contributed by atoms with Gasteiger partial charge in [-0.2, -0.15) is 4.98 Å². The normalized spacial score (nSPS) is 27.0. The minimum atomic E-state index is -0.209. The predicted octanol–water partition coefficient (Wildman–Crippen LogP) is 1.40. The standard InChI is InChI=1S/C23H28N6O3/c1-31-16-4-2-15(3-5-16)23(8-9-23)22-27-20(28-32-22)17-13-25-29-18(12-19(30)26-21(17)29)14-6-10-24-11-7-14/h2-5,12,14,17,21,24-25H,6-11,13H2,1H3,(H,26,30). The Morgan fingerprint density at radius 3 is 2.69 bits per heavy atom. The van der Waals surface area contributed by atoms with E-state index in [0.29, 0.717) is 24.2 Å². The number of piperidine rings is 1. The number of benzene rings is 1. The van der Waals surface area contributed by atoms with Crippen molar-refractivity contribution in [2.24, 2.45) is 5.92 Å². The van der Waals surface area contributed by atoms with Gasteiger partial charge in [0.05, 0.1) is 18.4 Å². The van der Waals surface area contributed by atoms with E-state index < -0.39 is 0 Å². The van der Waals surface area contributed by atoms with Gasteiger partial charge in [-0.15, -0.1) is 0 Å². The van der Waals surface area contributed by atoms with E-state index in [2.05, 4.69) is 38.4 Å². The van der Waals surface area contributed by atoms with Gasteiger partial charge in [-0.05, 0) is 56.5 Å². The van der Waals surface area contributed by atoms with E-state index >= 15 is 0 Å². The molecule has 1 saturated carbocycles. The molecule has 4 aliphatic rings. The van der Waals surface area contributed by atoms with Crippen molar-refractivity contribution in [3.8, 4) is 5.75 Å². The molecule has 168 valence electrons. The number of rotatable bonds is 5. The number of nitrogens with zero attached hydrogens (tertiary/aromatic N) is 3. The third-order valence-corrected chi connectivity index (χ3v) is 7.32. The number of aromatic nitrogens is 2. The van der Waals surface area contributed by atoms with E-state index in [1.807, 2.05) is 12.1 Å². The fourth-order valence-corrected chi connectivity index (χ4v) is 5.30. The third-order valence-electron chi connectivity index (χ3n) is 7.32. The van der Waals surface area contributed by atoms with Gasteiger partial charge in [0.15, 0.2) is 5.82 Å². The van der Waals surface area contributed by atoms with Crippen molar-refractivity contribution in [1.29, 1.82) is 0 Å². The highest BCUT2D eigenvalue weighted by Gasteiger charge is 2.52. The zero-order valence-corrected chi connectivity index (χ0v) is 18.1. The topological polar surface area (TPSA) is 105 Å². The van der Waals surface area contributed by atoms with Crippen LogP contribution in [-0.2, 0) is 10.2 Å². The number of amides is 1. The van der Waals surface area contributed by atoms with Crippen LogP contribution in [0.4, 0.5) is 0 Å². The van der Waals surface area contributed by atoms with Crippen molar-refractivity contribution in [3.05, 3.63) is 53.3 Å². The number of hydrogen-bond donors (Lipinski definition) is 3. The quantitative estimate of drug-likeness (QED) is 0.646. The highest BCUT2D eigenvalue weighted by atomic mass is 16.5. The lowest BCUT2D eigenvalue weighted by Gasteiger charge is -2.38. The minimum absolute atomic E-state index is 0.0471. The van der Waals surface area contributed by atoms with Crippen LogP contribution in [0.3, 0.4) is 0 Å². The number of nitrogens with one attached hydrogen (secondary N) is 3. The van der Waals surface area contributed by atoms with Gasteiger partial charge in [0.2, 0.25) is 11.8 Å². The predicted molar refractivity (Wildman–Crippen MR) is 115 cm³/mol. The molecule has 0 spiro atoms. The van der Waals surface area contributed by atoms with Gasteiger partial charge < -0.3 is 19.9 Å². The third kappa shape index (κ3) is 3.18. The molecule has 2 atom stereocenters. The molecule has 1 aliphatic carbocycles. The van der Waals surface area contributed by atoms with Crippen LogP contribution >= 0.6 is 0 Å². The van der Waals surface area contributed by atoms with E-state index in [1.54, 1.807) is 13.2 Å². The summed E-state index contributed by atoms with van der Waals surface area (Å²) in [4.78, 5) is 17.4. The van der Waals surface area contributed by atoms with Gasteiger partial charge in [0, 0.05) is 24.2 Å². The monoisotopic (exact) mass is 436 g/mol. The van der Waals surface area contributed by atoms with Gasteiger partial charge in [-0.3, -0.25) is 9.80 Å². The van der Waals surface area contributed by atoms with E-state index in [-0.39, 0.29) is 23.4 Å². The summed E-state index contributed by atoms with van der Waals surface area (Å²) in [5.41, 5.74) is 5.51. The number of carbonyl (C=O) groups is 1. The first kappa shape index (κ1) is 19.8. The molecule has 0 radical (unpaired) electrons. The Morgan fingerprint density at radius 2 is 1.97 bits per heavy atom. The van der Waals surface area contributed by atoms with Gasteiger partial charge >= 0.3 is 0 Å². The number of methoxy groups -OCH3 is 1. The summed E-state index contributed by atoms with van der Waals surface area (Å²) in [5, 5.41) is 13.0. The number of ether oxygens (including phenoxy) is 1. The molecule has 9 nitrogen and oxygen atoms in total. The molecule has 2 saturated heterocycles. The zero-order chi connectivity index (χ0) is 21.7. The second-order valence-electron chi connectivity index (χ2n) is 9.15. The van der Waals surface area contributed by atoms with Gasteiger partial charge in [-0.25, -0.2) is 5.43 Å². The van der Waals surface area contributed by atoms with Crippen LogP contribution in [0.15, 0.2) is 40.6 Å². The Balaban J connectivity index is 1.24. The fraction of sp³-hybridized carbons (Fsp3) is 0.522. The van der Waals surface area contributed by atoms with Crippen LogP contribution < -0.4 is 20.8 Å². The Hall–Kier alpha value is -2.91. The summed E-state index contributed by atoms with van der Waals surface area (Å²) in [6.07, 6.45) is 5.57. The van der Waals surface area contributed by atoms with Crippen LogP contribution in [-0.4, -0.2) is 54.0 Å². The molecule has 2 unspecified atom stereocenters. The summed E-state index contributed by atoms with van der Waals surface area (Å²) >= 11 is 0.